The molecule has 1 saturated heterocycles. The number of hydrogen-bond donors (Lipinski definition) is 3. The number of carbonyl (C=O) groups excluding carboxylic acids is 3. The van der Waals surface area contributed by atoms with E-state index in [2.05, 4.69) is 16.0 Å². The van der Waals surface area contributed by atoms with Crippen molar-refractivity contribution in [3.05, 3.63) is 65.0 Å². The van der Waals surface area contributed by atoms with Crippen LogP contribution in [0.4, 0.5) is 10.1 Å². The highest BCUT2D eigenvalue weighted by molar-refractivity contribution is 6.02. The third-order valence-corrected chi connectivity index (χ3v) is 6.27. The van der Waals surface area contributed by atoms with Gasteiger partial charge in [-0.1, -0.05) is 24.3 Å². The molecule has 7 nitrogen and oxygen atoms in total. The SMILES string of the molecule is Cc1ccc2c(c1)N[C@]1(CCC(=O)N([C@@H](C)C(=O)NCc3ccccc3F)CC1)NC2=O. The first kappa shape index (κ1) is 21.8. The van der Waals surface area contributed by atoms with Crippen molar-refractivity contribution in [2.45, 2.75) is 51.4 Å². The normalized spacial score (nSPS) is 21.3. The van der Waals surface area contributed by atoms with E-state index < -0.39 is 11.7 Å². The van der Waals surface area contributed by atoms with Crippen LogP contribution in [0.2, 0.25) is 0 Å². The van der Waals surface area contributed by atoms with E-state index in [0.717, 1.165) is 11.3 Å². The molecule has 0 unspecified atom stereocenters. The predicted molar refractivity (Wildman–Crippen MR) is 118 cm³/mol. The molecule has 0 saturated carbocycles. The number of rotatable bonds is 4. The first-order valence-electron chi connectivity index (χ1n) is 10.8. The Bertz CT molecular complexity index is 1070. The molecule has 0 aromatic heterocycles. The lowest BCUT2D eigenvalue weighted by Crippen LogP contribution is -2.58. The number of hydrogen-bond acceptors (Lipinski definition) is 4. The molecular weight excluding hydrogens is 411 g/mol. The molecule has 168 valence electrons. The van der Waals surface area contributed by atoms with Gasteiger partial charge in [0.2, 0.25) is 11.8 Å². The topological polar surface area (TPSA) is 90.5 Å². The zero-order chi connectivity index (χ0) is 22.9. The molecule has 0 radical (unpaired) electrons. The van der Waals surface area contributed by atoms with Crippen molar-refractivity contribution in [1.82, 2.24) is 15.5 Å². The average Bonchev–Trinajstić information content (AvgIpc) is 2.91. The predicted octanol–water partition coefficient (Wildman–Crippen LogP) is 2.70. The van der Waals surface area contributed by atoms with E-state index in [0.29, 0.717) is 30.5 Å². The summed E-state index contributed by atoms with van der Waals surface area (Å²) in [6.45, 7) is 3.98. The van der Waals surface area contributed by atoms with Crippen molar-refractivity contribution in [2.75, 3.05) is 11.9 Å². The molecule has 1 fully saturated rings. The Hall–Kier alpha value is -3.42. The molecule has 4 rings (SSSR count). The molecule has 8 heteroatoms. The fourth-order valence-electron chi connectivity index (χ4n) is 4.33. The summed E-state index contributed by atoms with van der Waals surface area (Å²) in [5.41, 5.74) is 2.01. The van der Waals surface area contributed by atoms with Crippen LogP contribution in [0.15, 0.2) is 42.5 Å². The lowest BCUT2D eigenvalue weighted by molar-refractivity contribution is -0.139. The van der Waals surface area contributed by atoms with Gasteiger partial charge in [0.05, 0.1) is 5.56 Å². The van der Waals surface area contributed by atoms with Crippen LogP contribution in [0.3, 0.4) is 0 Å². The zero-order valence-electron chi connectivity index (χ0n) is 18.2. The third kappa shape index (κ3) is 4.30. The van der Waals surface area contributed by atoms with Gasteiger partial charge >= 0.3 is 0 Å². The number of benzene rings is 2. The number of nitrogens with one attached hydrogen (secondary N) is 3. The Morgan fingerprint density at radius 1 is 1.19 bits per heavy atom. The van der Waals surface area contributed by atoms with Gasteiger partial charge in [0.25, 0.3) is 5.91 Å². The second-order valence-corrected chi connectivity index (χ2v) is 8.53. The molecule has 2 heterocycles. The van der Waals surface area contributed by atoms with Gasteiger partial charge in [-0.05, 0) is 44.0 Å². The van der Waals surface area contributed by atoms with E-state index in [4.69, 9.17) is 0 Å². The number of likely N-dealkylation sites (tertiary alicyclic amines) is 1. The number of halogens is 1. The Morgan fingerprint density at radius 3 is 2.75 bits per heavy atom. The highest BCUT2D eigenvalue weighted by Crippen LogP contribution is 2.32. The van der Waals surface area contributed by atoms with Crippen LogP contribution in [0.25, 0.3) is 0 Å². The summed E-state index contributed by atoms with van der Waals surface area (Å²) in [6.07, 6.45) is 1.08. The standard InChI is InChI=1S/C24H27FN4O3/c1-15-7-8-18-20(13-15)27-24(28-23(18)32)10-9-21(30)29(12-11-24)16(2)22(31)26-14-17-5-3-4-6-19(17)25/h3-8,13,16,27H,9-12,14H2,1-2H3,(H,26,31)(H,28,32)/t16-,24+/m0/s1. The monoisotopic (exact) mass is 438 g/mol. The Kier molecular flexibility index (Phi) is 5.86. The van der Waals surface area contributed by atoms with E-state index in [1.807, 2.05) is 19.1 Å². The summed E-state index contributed by atoms with van der Waals surface area (Å²) in [6, 6.07) is 11.1. The van der Waals surface area contributed by atoms with Crippen molar-refractivity contribution in [2.24, 2.45) is 0 Å². The summed E-state index contributed by atoms with van der Waals surface area (Å²) in [7, 11) is 0. The number of anilines is 1. The number of aryl methyl sites for hydroxylation is 1. The van der Waals surface area contributed by atoms with Gasteiger partial charge < -0.3 is 20.9 Å². The van der Waals surface area contributed by atoms with E-state index >= 15 is 0 Å². The number of fused-ring (bicyclic) bond motifs is 1. The maximum absolute atomic E-state index is 13.8. The van der Waals surface area contributed by atoms with Crippen LogP contribution in [-0.4, -0.2) is 40.9 Å². The van der Waals surface area contributed by atoms with Gasteiger partial charge in [-0.25, -0.2) is 4.39 Å². The minimum absolute atomic E-state index is 0.0512. The Balaban J connectivity index is 1.44. The minimum atomic E-state index is -0.744. The fourth-order valence-corrected chi connectivity index (χ4v) is 4.33. The van der Waals surface area contributed by atoms with Crippen molar-refractivity contribution in [3.63, 3.8) is 0 Å². The molecule has 2 atom stereocenters. The van der Waals surface area contributed by atoms with Crippen molar-refractivity contribution in [1.29, 1.82) is 0 Å². The van der Waals surface area contributed by atoms with Crippen molar-refractivity contribution in [3.8, 4) is 0 Å². The molecule has 1 spiro atoms. The zero-order valence-corrected chi connectivity index (χ0v) is 18.2. The summed E-state index contributed by atoms with van der Waals surface area (Å²) >= 11 is 0. The van der Waals surface area contributed by atoms with Crippen LogP contribution in [0.5, 0.6) is 0 Å². The summed E-state index contributed by atoms with van der Waals surface area (Å²) < 4.78 is 13.8. The molecule has 3 amide bonds. The average molecular weight is 439 g/mol. The van der Waals surface area contributed by atoms with Crippen LogP contribution in [0, 0.1) is 12.7 Å². The molecule has 2 aromatic rings. The smallest absolute Gasteiger partial charge is 0.255 e. The van der Waals surface area contributed by atoms with Gasteiger partial charge in [0.15, 0.2) is 0 Å². The highest BCUT2D eigenvalue weighted by Gasteiger charge is 2.41. The van der Waals surface area contributed by atoms with Crippen molar-refractivity contribution >= 4 is 23.4 Å². The first-order valence-corrected chi connectivity index (χ1v) is 10.8. The van der Waals surface area contributed by atoms with Crippen LogP contribution < -0.4 is 16.0 Å². The molecule has 3 N–H and O–H groups in total. The summed E-state index contributed by atoms with van der Waals surface area (Å²) in [5.74, 6) is -1.06. The van der Waals surface area contributed by atoms with E-state index in [1.165, 1.54) is 11.0 Å². The van der Waals surface area contributed by atoms with Gasteiger partial charge in [-0.2, -0.15) is 0 Å². The van der Waals surface area contributed by atoms with E-state index in [1.54, 1.807) is 31.2 Å². The molecule has 2 aromatic carbocycles. The molecule has 0 bridgehead atoms. The fraction of sp³-hybridized carbons (Fsp3) is 0.375. The lowest BCUT2D eigenvalue weighted by atomic mass is 9.94. The number of amides is 3. The first-order chi connectivity index (χ1) is 15.3. The Labute approximate surface area is 186 Å². The van der Waals surface area contributed by atoms with Gasteiger partial charge in [0, 0.05) is 37.2 Å². The second-order valence-electron chi connectivity index (χ2n) is 8.53. The van der Waals surface area contributed by atoms with E-state index in [-0.39, 0.29) is 36.5 Å². The largest absolute Gasteiger partial charge is 0.362 e. The molecule has 2 aliphatic rings. The Morgan fingerprint density at radius 2 is 1.97 bits per heavy atom. The number of carbonyl (C=O) groups is 3. The third-order valence-electron chi connectivity index (χ3n) is 6.27. The van der Waals surface area contributed by atoms with Crippen LogP contribution in [0.1, 0.15) is 47.7 Å². The molecule has 0 aliphatic carbocycles. The summed E-state index contributed by atoms with van der Waals surface area (Å²) in [4.78, 5) is 39.8. The van der Waals surface area contributed by atoms with Crippen LogP contribution >= 0.6 is 0 Å². The van der Waals surface area contributed by atoms with E-state index in [9.17, 15) is 18.8 Å². The maximum atomic E-state index is 13.8. The second kappa shape index (κ2) is 8.61. The number of nitrogens with zero attached hydrogens (tertiary/aromatic N) is 1. The molecular formula is C24H27FN4O3. The van der Waals surface area contributed by atoms with Gasteiger partial charge in [0.1, 0.15) is 17.5 Å². The van der Waals surface area contributed by atoms with Gasteiger partial charge in [-0.3, -0.25) is 14.4 Å². The van der Waals surface area contributed by atoms with Gasteiger partial charge in [-0.15, -0.1) is 0 Å². The van der Waals surface area contributed by atoms with Crippen LogP contribution in [-0.2, 0) is 16.1 Å². The maximum Gasteiger partial charge on any atom is 0.255 e. The summed E-state index contributed by atoms with van der Waals surface area (Å²) in [5, 5.41) is 9.19. The molecule has 32 heavy (non-hydrogen) atoms. The quantitative estimate of drug-likeness (QED) is 0.685. The van der Waals surface area contributed by atoms with Crippen molar-refractivity contribution < 1.29 is 18.8 Å². The molecule has 2 aliphatic heterocycles. The minimum Gasteiger partial charge on any atom is -0.362 e. The lowest BCUT2D eigenvalue weighted by Gasteiger charge is -2.40. The highest BCUT2D eigenvalue weighted by atomic mass is 19.1.